The van der Waals surface area contributed by atoms with Crippen molar-refractivity contribution in [3.05, 3.63) is 53.6 Å². The van der Waals surface area contributed by atoms with E-state index < -0.39 is 0 Å². The summed E-state index contributed by atoms with van der Waals surface area (Å²) in [6.07, 6.45) is 2.44. The van der Waals surface area contributed by atoms with E-state index >= 15 is 0 Å². The largest absolute Gasteiger partial charge is 0.372 e. The van der Waals surface area contributed by atoms with Crippen molar-refractivity contribution in [1.82, 2.24) is 0 Å². The zero-order chi connectivity index (χ0) is 21.0. The molecule has 2 aromatic rings. The van der Waals surface area contributed by atoms with E-state index in [0.717, 1.165) is 41.5 Å². The number of anilines is 3. The lowest BCUT2D eigenvalue weighted by atomic mass is 9.99. The Hall–Kier alpha value is -2.82. The Morgan fingerprint density at radius 2 is 1.69 bits per heavy atom. The standard InChI is InChI=1S/C24H31N3O2/c1-17-11-13-26(14-12-17)22-9-6-21(7-10-22)25-24(29)16-27(20(4)28)23-8-5-18(2)19(3)15-23/h5-10,15,17H,11-14,16H2,1-4H3,(H,25,29). The van der Waals surface area contributed by atoms with E-state index in [1.165, 1.54) is 30.4 Å². The second-order valence-corrected chi connectivity index (χ2v) is 8.14. The molecule has 3 rings (SSSR count). The van der Waals surface area contributed by atoms with Gasteiger partial charge in [-0.2, -0.15) is 0 Å². The Morgan fingerprint density at radius 3 is 2.28 bits per heavy atom. The number of carbonyl (C=O) groups is 2. The molecule has 2 aromatic carbocycles. The number of carbonyl (C=O) groups excluding carboxylic acids is 2. The normalized spacial score (nSPS) is 14.6. The van der Waals surface area contributed by atoms with Crippen LogP contribution in [0.1, 0.15) is 37.8 Å². The van der Waals surface area contributed by atoms with Gasteiger partial charge < -0.3 is 15.1 Å². The van der Waals surface area contributed by atoms with Crippen LogP contribution in [0.25, 0.3) is 0 Å². The highest BCUT2D eigenvalue weighted by molar-refractivity contribution is 6.01. The molecule has 154 valence electrons. The van der Waals surface area contributed by atoms with Crippen molar-refractivity contribution in [2.75, 3.05) is 34.8 Å². The number of hydrogen-bond donors (Lipinski definition) is 1. The molecule has 1 heterocycles. The van der Waals surface area contributed by atoms with Crippen LogP contribution in [0.3, 0.4) is 0 Å². The molecule has 1 N–H and O–H groups in total. The first-order valence-corrected chi connectivity index (χ1v) is 10.3. The van der Waals surface area contributed by atoms with Gasteiger partial charge in [-0.25, -0.2) is 0 Å². The van der Waals surface area contributed by atoms with E-state index in [0.29, 0.717) is 0 Å². The van der Waals surface area contributed by atoms with E-state index in [9.17, 15) is 9.59 Å². The van der Waals surface area contributed by atoms with Crippen molar-refractivity contribution in [1.29, 1.82) is 0 Å². The summed E-state index contributed by atoms with van der Waals surface area (Å²) in [5.41, 5.74) is 4.93. The van der Waals surface area contributed by atoms with Crippen molar-refractivity contribution in [3.63, 3.8) is 0 Å². The van der Waals surface area contributed by atoms with Gasteiger partial charge in [-0.15, -0.1) is 0 Å². The third-order valence-electron chi connectivity index (χ3n) is 5.78. The molecule has 0 saturated carbocycles. The maximum absolute atomic E-state index is 12.6. The van der Waals surface area contributed by atoms with Crippen LogP contribution in [0, 0.1) is 19.8 Å². The lowest BCUT2D eigenvalue weighted by molar-refractivity contribution is -0.120. The number of amides is 2. The molecule has 5 nitrogen and oxygen atoms in total. The van der Waals surface area contributed by atoms with Crippen molar-refractivity contribution in [2.45, 2.75) is 40.5 Å². The molecule has 1 aliphatic heterocycles. The first-order chi connectivity index (χ1) is 13.8. The van der Waals surface area contributed by atoms with Gasteiger partial charge in [0.2, 0.25) is 11.8 Å². The van der Waals surface area contributed by atoms with Gasteiger partial charge in [0, 0.05) is 37.1 Å². The summed E-state index contributed by atoms with van der Waals surface area (Å²) < 4.78 is 0. The van der Waals surface area contributed by atoms with E-state index in [-0.39, 0.29) is 18.4 Å². The third kappa shape index (κ3) is 5.37. The van der Waals surface area contributed by atoms with Gasteiger partial charge in [-0.3, -0.25) is 9.59 Å². The first-order valence-electron chi connectivity index (χ1n) is 10.3. The van der Waals surface area contributed by atoms with Gasteiger partial charge in [-0.05, 0) is 80.1 Å². The van der Waals surface area contributed by atoms with Gasteiger partial charge in [-0.1, -0.05) is 13.0 Å². The lowest BCUT2D eigenvalue weighted by Gasteiger charge is -2.32. The van der Waals surface area contributed by atoms with Crippen molar-refractivity contribution >= 4 is 28.9 Å². The number of benzene rings is 2. The Morgan fingerprint density at radius 1 is 1.03 bits per heavy atom. The average Bonchev–Trinajstić information content (AvgIpc) is 2.69. The van der Waals surface area contributed by atoms with Crippen LogP contribution in [-0.4, -0.2) is 31.4 Å². The quantitative estimate of drug-likeness (QED) is 0.812. The lowest BCUT2D eigenvalue weighted by Crippen LogP contribution is -2.36. The molecule has 0 bridgehead atoms. The van der Waals surface area contributed by atoms with Crippen molar-refractivity contribution < 1.29 is 9.59 Å². The summed E-state index contributed by atoms with van der Waals surface area (Å²) in [6, 6.07) is 13.8. The van der Waals surface area contributed by atoms with Gasteiger partial charge in [0.05, 0.1) is 0 Å². The molecule has 0 aromatic heterocycles. The molecule has 1 saturated heterocycles. The van der Waals surface area contributed by atoms with Gasteiger partial charge in [0.15, 0.2) is 0 Å². The molecule has 1 aliphatic rings. The number of nitrogens with one attached hydrogen (secondary N) is 1. The Labute approximate surface area is 173 Å². The molecular weight excluding hydrogens is 362 g/mol. The van der Waals surface area contributed by atoms with Gasteiger partial charge in [0.1, 0.15) is 6.54 Å². The van der Waals surface area contributed by atoms with Crippen molar-refractivity contribution in [3.8, 4) is 0 Å². The van der Waals surface area contributed by atoms with E-state index in [1.807, 2.05) is 44.2 Å². The van der Waals surface area contributed by atoms with Crippen LogP contribution < -0.4 is 15.1 Å². The molecule has 5 heteroatoms. The number of piperidine rings is 1. The number of rotatable bonds is 5. The molecule has 0 spiro atoms. The zero-order valence-electron chi connectivity index (χ0n) is 17.9. The van der Waals surface area contributed by atoms with Crippen molar-refractivity contribution in [2.24, 2.45) is 5.92 Å². The predicted octanol–water partition coefficient (Wildman–Crippen LogP) is 4.53. The summed E-state index contributed by atoms with van der Waals surface area (Å²) in [4.78, 5) is 28.6. The number of hydrogen-bond acceptors (Lipinski definition) is 3. The smallest absolute Gasteiger partial charge is 0.244 e. The molecule has 0 unspecified atom stereocenters. The minimum atomic E-state index is -0.210. The summed E-state index contributed by atoms with van der Waals surface area (Å²) in [6.45, 7) is 9.96. The van der Waals surface area contributed by atoms with E-state index in [2.05, 4.69) is 29.3 Å². The van der Waals surface area contributed by atoms with Crippen LogP contribution in [0.15, 0.2) is 42.5 Å². The van der Waals surface area contributed by atoms with Crippen LogP contribution in [0.2, 0.25) is 0 Å². The molecule has 1 fully saturated rings. The zero-order valence-corrected chi connectivity index (χ0v) is 17.9. The van der Waals surface area contributed by atoms with Crippen LogP contribution in [0.5, 0.6) is 0 Å². The molecule has 2 amide bonds. The molecule has 0 aliphatic carbocycles. The Balaban J connectivity index is 1.62. The maximum atomic E-state index is 12.6. The Kier molecular flexibility index (Phi) is 6.57. The fourth-order valence-electron chi connectivity index (χ4n) is 3.64. The highest BCUT2D eigenvalue weighted by Crippen LogP contribution is 2.24. The van der Waals surface area contributed by atoms with Crippen LogP contribution in [-0.2, 0) is 9.59 Å². The maximum Gasteiger partial charge on any atom is 0.244 e. The highest BCUT2D eigenvalue weighted by atomic mass is 16.2. The van der Waals surface area contributed by atoms with E-state index in [1.54, 1.807) is 0 Å². The summed E-state index contributed by atoms with van der Waals surface area (Å²) in [5, 5.41) is 2.91. The molecule has 0 radical (unpaired) electrons. The topological polar surface area (TPSA) is 52.7 Å². The minimum absolute atomic E-state index is 0.0103. The summed E-state index contributed by atoms with van der Waals surface area (Å²) >= 11 is 0. The van der Waals surface area contributed by atoms with Crippen LogP contribution >= 0.6 is 0 Å². The molecular formula is C24H31N3O2. The fraction of sp³-hybridized carbons (Fsp3) is 0.417. The first kappa shape index (κ1) is 20.9. The fourth-order valence-corrected chi connectivity index (χ4v) is 3.64. The van der Waals surface area contributed by atoms with Gasteiger partial charge in [0.25, 0.3) is 0 Å². The predicted molar refractivity (Wildman–Crippen MR) is 120 cm³/mol. The monoisotopic (exact) mass is 393 g/mol. The van der Waals surface area contributed by atoms with Crippen LogP contribution in [0.4, 0.5) is 17.1 Å². The second kappa shape index (κ2) is 9.12. The Bertz CT molecular complexity index is 868. The number of nitrogens with zero attached hydrogens (tertiary/aromatic N) is 2. The summed E-state index contributed by atoms with van der Waals surface area (Å²) in [7, 11) is 0. The second-order valence-electron chi connectivity index (χ2n) is 8.14. The van der Waals surface area contributed by atoms with E-state index in [4.69, 9.17) is 0 Å². The molecule has 0 atom stereocenters. The number of aryl methyl sites for hydroxylation is 2. The highest BCUT2D eigenvalue weighted by Gasteiger charge is 2.18. The summed E-state index contributed by atoms with van der Waals surface area (Å²) in [5.74, 6) is 0.433. The molecule has 29 heavy (non-hydrogen) atoms. The third-order valence-corrected chi connectivity index (χ3v) is 5.78. The SMILES string of the molecule is CC(=O)N(CC(=O)Nc1ccc(N2CCC(C)CC2)cc1)c1ccc(C)c(C)c1. The minimum Gasteiger partial charge on any atom is -0.372 e. The average molecular weight is 394 g/mol. The van der Waals surface area contributed by atoms with Gasteiger partial charge >= 0.3 is 0 Å².